The van der Waals surface area contributed by atoms with Gasteiger partial charge in [0.15, 0.2) is 0 Å². The van der Waals surface area contributed by atoms with Crippen LogP contribution in [0.5, 0.6) is 5.75 Å². The average Bonchev–Trinajstić information content (AvgIpc) is 2.76. The molecule has 0 bridgehead atoms. The topological polar surface area (TPSA) is 58.6 Å². The Kier molecular flexibility index (Phi) is 9.32. The van der Waals surface area contributed by atoms with Crippen molar-refractivity contribution in [2.24, 2.45) is 0 Å². The molecule has 2 amide bonds. The average molecular weight is 415 g/mol. The van der Waals surface area contributed by atoms with Crippen LogP contribution < -0.4 is 10.1 Å². The molecule has 162 valence electrons. The number of rotatable bonds is 11. The van der Waals surface area contributed by atoms with E-state index in [-0.39, 0.29) is 30.8 Å². The Bertz CT molecular complexity index is 813. The highest BCUT2D eigenvalue weighted by Crippen LogP contribution is 2.15. The lowest BCUT2D eigenvalue weighted by atomic mass is 10.1. The summed E-state index contributed by atoms with van der Waals surface area (Å²) in [5.41, 5.74) is 0.384. The van der Waals surface area contributed by atoms with E-state index < -0.39 is 11.9 Å². The highest BCUT2D eigenvalue weighted by molar-refractivity contribution is 5.87. The van der Waals surface area contributed by atoms with Crippen LogP contribution in [0.1, 0.15) is 45.6 Å². The van der Waals surface area contributed by atoms with Crippen LogP contribution in [0.25, 0.3) is 0 Å². The molecule has 2 aromatic carbocycles. The largest absolute Gasteiger partial charge is 0.494 e. The van der Waals surface area contributed by atoms with Gasteiger partial charge in [0.05, 0.1) is 6.61 Å². The van der Waals surface area contributed by atoms with Crippen LogP contribution in [-0.4, -0.2) is 35.4 Å². The van der Waals surface area contributed by atoms with Gasteiger partial charge in [-0.15, -0.1) is 0 Å². The van der Waals surface area contributed by atoms with E-state index in [1.165, 1.54) is 11.0 Å². The first-order chi connectivity index (χ1) is 14.4. The zero-order valence-corrected chi connectivity index (χ0v) is 17.9. The predicted molar refractivity (Wildman–Crippen MR) is 115 cm³/mol. The van der Waals surface area contributed by atoms with E-state index in [9.17, 15) is 14.0 Å². The lowest BCUT2D eigenvalue weighted by molar-refractivity contribution is -0.141. The van der Waals surface area contributed by atoms with Gasteiger partial charge in [0.2, 0.25) is 11.8 Å². The Hall–Kier alpha value is -2.89. The quantitative estimate of drug-likeness (QED) is 0.557. The second kappa shape index (κ2) is 12.0. The number of carbonyl (C=O) groups is 2. The first-order valence-electron chi connectivity index (χ1n) is 10.4. The maximum absolute atomic E-state index is 14.2. The van der Waals surface area contributed by atoms with Gasteiger partial charge < -0.3 is 15.0 Å². The highest BCUT2D eigenvalue weighted by atomic mass is 19.1. The van der Waals surface area contributed by atoms with Crippen LogP contribution in [0.2, 0.25) is 0 Å². The number of hydrogen-bond acceptors (Lipinski definition) is 3. The maximum atomic E-state index is 14.2. The molecule has 0 saturated carbocycles. The van der Waals surface area contributed by atoms with Gasteiger partial charge >= 0.3 is 0 Å². The Labute approximate surface area is 178 Å². The molecular weight excluding hydrogens is 383 g/mol. The molecule has 0 aromatic heterocycles. The third-order valence-electron chi connectivity index (χ3n) is 5.01. The molecule has 0 heterocycles. The minimum Gasteiger partial charge on any atom is -0.494 e. The van der Waals surface area contributed by atoms with Gasteiger partial charge in [-0.3, -0.25) is 9.59 Å². The summed E-state index contributed by atoms with van der Waals surface area (Å²) in [5, 5.41) is 2.90. The summed E-state index contributed by atoms with van der Waals surface area (Å²) in [4.78, 5) is 27.0. The molecule has 0 aliphatic carbocycles. The van der Waals surface area contributed by atoms with Crippen LogP contribution in [0, 0.1) is 5.82 Å². The number of benzene rings is 2. The number of ether oxygens (including phenoxy) is 1. The molecule has 0 radical (unpaired) electrons. The molecule has 2 unspecified atom stereocenters. The monoisotopic (exact) mass is 414 g/mol. The van der Waals surface area contributed by atoms with Gasteiger partial charge in [-0.2, -0.15) is 0 Å². The summed E-state index contributed by atoms with van der Waals surface area (Å²) in [6, 6.07) is 15.0. The van der Waals surface area contributed by atoms with E-state index in [2.05, 4.69) is 5.32 Å². The fourth-order valence-electron chi connectivity index (χ4n) is 2.93. The molecule has 30 heavy (non-hydrogen) atoms. The summed E-state index contributed by atoms with van der Waals surface area (Å²) < 4.78 is 19.8. The molecule has 0 aliphatic rings. The summed E-state index contributed by atoms with van der Waals surface area (Å²) in [6.07, 6.45) is 1.50. The van der Waals surface area contributed by atoms with Crippen molar-refractivity contribution in [2.75, 3.05) is 6.61 Å². The molecule has 0 spiro atoms. The van der Waals surface area contributed by atoms with Crippen molar-refractivity contribution in [3.63, 3.8) is 0 Å². The van der Waals surface area contributed by atoms with Gasteiger partial charge in [0.25, 0.3) is 0 Å². The number of halogens is 1. The maximum Gasteiger partial charge on any atom is 0.242 e. The Morgan fingerprint density at radius 2 is 1.73 bits per heavy atom. The SMILES string of the molecule is CCC(C)NC(=O)C(C)N(Cc1ccccc1F)C(=O)CCCOc1ccccc1. The lowest BCUT2D eigenvalue weighted by Gasteiger charge is -2.30. The van der Waals surface area contributed by atoms with Gasteiger partial charge in [0, 0.05) is 24.6 Å². The fourth-order valence-corrected chi connectivity index (χ4v) is 2.93. The van der Waals surface area contributed by atoms with E-state index >= 15 is 0 Å². The lowest BCUT2D eigenvalue weighted by Crippen LogP contribution is -2.49. The van der Waals surface area contributed by atoms with Gasteiger partial charge in [-0.1, -0.05) is 43.3 Å². The molecule has 2 atom stereocenters. The van der Waals surface area contributed by atoms with Crippen LogP contribution in [-0.2, 0) is 16.1 Å². The Morgan fingerprint density at radius 3 is 2.40 bits per heavy atom. The molecule has 0 saturated heterocycles. The Morgan fingerprint density at radius 1 is 1.07 bits per heavy atom. The van der Waals surface area contributed by atoms with Crippen molar-refractivity contribution in [1.82, 2.24) is 10.2 Å². The third-order valence-corrected chi connectivity index (χ3v) is 5.01. The minimum atomic E-state index is -0.707. The van der Waals surface area contributed by atoms with E-state index in [1.807, 2.05) is 44.2 Å². The number of para-hydroxylation sites is 1. The number of amides is 2. The molecule has 2 aromatic rings. The molecule has 2 rings (SSSR count). The fraction of sp³-hybridized carbons (Fsp3) is 0.417. The smallest absolute Gasteiger partial charge is 0.242 e. The van der Waals surface area contributed by atoms with Gasteiger partial charge in [0.1, 0.15) is 17.6 Å². The molecule has 6 heteroatoms. The third kappa shape index (κ3) is 7.17. The standard InChI is InChI=1S/C24H31FN2O3/c1-4-18(2)26-24(29)19(3)27(17-20-11-8-9-14-22(20)25)23(28)15-10-16-30-21-12-6-5-7-13-21/h5-9,11-14,18-19H,4,10,15-17H2,1-3H3,(H,26,29). The van der Waals surface area contributed by atoms with Crippen molar-refractivity contribution in [1.29, 1.82) is 0 Å². The van der Waals surface area contributed by atoms with Crippen LogP contribution in [0.3, 0.4) is 0 Å². The van der Waals surface area contributed by atoms with Crippen molar-refractivity contribution in [3.8, 4) is 5.75 Å². The summed E-state index contributed by atoms with van der Waals surface area (Å²) in [6.45, 7) is 5.99. The summed E-state index contributed by atoms with van der Waals surface area (Å²) in [5.74, 6) is -0.0944. The number of hydrogen-bond donors (Lipinski definition) is 1. The summed E-state index contributed by atoms with van der Waals surface area (Å²) >= 11 is 0. The zero-order valence-electron chi connectivity index (χ0n) is 17.9. The van der Waals surface area contributed by atoms with Crippen molar-refractivity contribution < 1.29 is 18.7 Å². The minimum absolute atomic E-state index is 0.00429. The van der Waals surface area contributed by atoms with Gasteiger partial charge in [-0.25, -0.2) is 4.39 Å². The second-order valence-corrected chi connectivity index (χ2v) is 7.37. The van der Waals surface area contributed by atoms with Crippen LogP contribution in [0.4, 0.5) is 4.39 Å². The highest BCUT2D eigenvalue weighted by Gasteiger charge is 2.27. The molecule has 0 fully saturated rings. The van der Waals surface area contributed by atoms with E-state index in [1.54, 1.807) is 25.1 Å². The molecule has 1 N–H and O–H groups in total. The van der Waals surface area contributed by atoms with Gasteiger partial charge in [-0.05, 0) is 44.9 Å². The van der Waals surface area contributed by atoms with Crippen molar-refractivity contribution in [3.05, 3.63) is 66.0 Å². The normalized spacial score (nSPS) is 12.7. The molecule has 5 nitrogen and oxygen atoms in total. The number of carbonyl (C=O) groups excluding carboxylic acids is 2. The molecular formula is C24H31FN2O3. The van der Waals surface area contributed by atoms with Crippen LogP contribution in [0.15, 0.2) is 54.6 Å². The van der Waals surface area contributed by atoms with E-state index in [4.69, 9.17) is 4.74 Å². The first kappa shape index (κ1) is 23.4. The Balaban J connectivity index is 2.02. The zero-order chi connectivity index (χ0) is 21.9. The van der Waals surface area contributed by atoms with E-state index in [0.717, 1.165) is 12.2 Å². The number of nitrogens with one attached hydrogen (secondary N) is 1. The van der Waals surface area contributed by atoms with Crippen molar-refractivity contribution >= 4 is 11.8 Å². The van der Waals surface area contributed by atoms with Crippen LogP contribution >= 0.6 is 0 Å². The van der Waals surface area contributed by atoms with E-state index in [0.29, 0.717) is 18.6 Å². The second-order valence-electron chi connectivity index (χ2n) is 7.37. The van der Waals surface area contributed by atoms with Crippen molar-refractivity contribution in [2.45, 2.75) is 58.7 Å². The predicted octanol–water partition coefficient (Wildman–Crippen LogP) is 4.32. The summed E-state index contributed by atoms with van der Waals surface area (Å²) in [7, 11) is 0. The first-order valence-corrected chi connectivity index (χ1v) is 10.4. The molecule has 0 aliphatic heterocycles. The number of nitrogens with zero attached hydrogens (tertiary/aromatic N) is 1.